The second-order valence-electron chi connectivity index (χ2n) is 18.2. The first-order valence-electron chi connectivity index (χ1n) is 26.6. The van der Waals surface area contributed by atoms with Crippen molar-refractivity contribution in [3.8, 4) is 0 Å². The molecule has 0 aliphatic rings. The lowest BCUT2D eigenvalue weighted by atomic mass is 10.0. The van der Waals surface area contributed by atoms with Crippen molar-refractivity contribution in [2.45, 2.75) is 296 Å². The van der Waals surface area contributed by atoms with E-state index in [0.717, 1.165) is 57.8 Å². The largest absolute Gasteiger partial charge is 0.466 e. The molecule has 0 bridgehead atoms. The van der Waals surface area contributed by atoms with Crippen molar-refractivity contribution in [2.75, 3.05) is 13.2 Å². The Balaban J connectivity index is 3.45. The lowest BCUT2D eigenvalue weighted by Gasteiger charge is -2.22. The molecule has 2 unspecified atom stereocenters. The fraction of sp³-hybridized carbons (Fsp3) is 0.889. The average Bonchev–Trinajstić information content (AvgIpc) is 3.25. The Morgan fingerprint density at radius 3 is 1.33 bits per heavy atom. The number of ether oxygens (including phenoxy) is 1. The molecule has 2 atom stereocenters. The van der Waals surface area contributed by atoms with Crippen LogP contribution in [0.5, 0.6) is 0 Å². The Bertz CT molecular complexity index is 935. The minimum absolute atomic E-state index is 0.0174. The standard InChI is InChI=1S/C54H103NO5/c1-3-5-7-9-11-13-15-17-18-19-23-26-30-34-38-42-46-52(57)51(50-56)55-53(58)47-43-39-35-31-27-24-20-21-25-29-33-37-41-45-49-60-54(59)48-44-40-36-32-28-22-16-14-12-10-8-6-4-2/h8,10,14,16,51-52,56-57H,3-7,9,11-13,15,17-50H2,1-2H3,(H,55,58)/b10-8-,16-14-. The summed E-state index contributed by atoms with van der Waals surface area (Å²) in [6.07, 6.45) is 58.6. The van der Waals surface area contributed by atoms with E-state index in [-0.39, 0.29) is 18.5 Å². The Morgan fingerprint density at radius 1 is 0.467 bits per heavy atom. The van der Waals surface area contributed by atoms with Crippen LogP contribution >= 0.6 is 0 Å². The van der Waals surface area contributed by atoms with Crippen LogP contribution in [0.4, 0.5) is 0 Å². The zero-order valence-corrected chi connectivity index (χ0v) is 40.2. The summed E-state index contributed by atoms with van der Waals surface area (Å²) in [5.74, 6) is -0.0625. The zero-order chi connectivity index (χ0) is 43.7. The molecule has 6 heteroatoms. The molecule has 0 saturated heterocycles. The van der Waals surface area contributed by atoms with Crippen LogP contribution in [0, 0.1) is 0 Å². The van der Waals surface area contributed by atoms with E-state index in [2.05, 4.69) is 43.5 Å². The molecule has 0 aromatic carbocycles. The van der Waals surface area contributed by atoms with Crippen molar-refractivity contribution in [3.63, 3.8) is 0 Å². The van der Waals surface area contributed by atoms with Gasteiger partial charge in [0.25, 0.3) is 0 Å². The zero-order valence-electron chi connectivity index (χ0n) is 40.2. The van der Waals surface area contributed by atoms with Crippen LogP contribution < -0.4 is 5.32 Å². The van der Waals surface area contributed by atoms with Gasteiger partial charge in [0.15, 0.2) is 0 Å². The molecule has 0 fully saturated rings. The van der Waals surface area contributed by atoms with Crippen molar-refractivity contribution in [1.29, 1.82) is 0 Å². The fourth-order valence-corrected chi connectivity index (χ4v) is 8.15. The number of rotatable bonds is 49. The molecule has 3 N–H and O–H groups in total. The minimum atomic E-state index is -0.671. The maximum atomic E-state index is 12.5. The van der Waals surface area contributed by atoms with E-state index in [4.69, 9.17) is 4.74 Å². The summed E-state index contributed by atoms with van der Waals surface area (Å²) >= 11 is 0. The summed E-state index contributed by atoms with van der Waals surface area (Å²) < 4.78 is 5.45. The van der Waals surface area contributed by atoms with Gasteiger partial charge in [0.1, 0.15) is 0 Å². The molecule has 0 aromatic heterocycles. The van der Waals surface area contributed by atoms with E-state index < -0.39 is 12.1 Å². The molecular formula is C54H103NO5. The molecule has 0 aliphatic heterocycles. The van der Waals surface area contributed by atoms with Crippen LogP contribution in [0.2, 0.25) is 0 Å². The molecular weight excluding hydrogens is 743 g/mol. The molecule has 60 heavy (non-hydrogen) atoms. The van der Waals surface area contributed by atoms with Crippen LogP contribution in [-0.2, 0) is 14.3 Å². The number of amides is 1. The van der Waals surface area contributed by atoms with Gasteiger partial charge in [-0.3, -0.25) is 9.59 Å². The summed E-state index contributed by atoms with van der Waals surface area (Å²) in [6.45, 7) is 4.87. The highest BCUT2D eigenvalue weighted by Crippen LogP contribution is 2.17. The van der Waals surface area contributed by atoms with Gasteiger partial charge in [-0.25, -0.2) is 0 Å². The molecule has 0 saturated carbocycles. The topological polar surface area (TPSA) is 95.9 Å². The maximum absolute atomic E-state index is 12.5. The smallest absolute Gasteiger partial charge is 0.305 e. The highest BCUT2D eigenvalue weighted by atomic mass is 16.5. The first-order chi connectivity index (χ1) is 29.5. The summed E-state index contributed by atoms with van der Waals surface area (Å²) in [7, 11) is 0. The number of allylic oxidation sites excluding steroid dienone is 4. The van der Waals surface area contributed by atoms with E-state index >= 15 is 0 Å². The maximum Gasteiger partial charge on any atom is 0.305 e. The third-order valence-corrected chi connectivity index (χ3v) is 12.2. The summed E-state index contributed by atoms with van der Waals surface area (Å²) in [5, 5.41) is 23.3. The monoisotopic (exact) mass is 846 g/mol. The van der Waals surface area contributed by atoms with Gasteiger partial charge in [-0.1, -0.05) is 244 Å². The first kappa shape index (κ1) is 58.3. The third kappa shape index (κ3) is 45.9. The van der Waals surface area contributed by atoms with Crippen LogP contribution in [0.25, 0.3) is 0 Å². The van der Waals surface area contributed by atoms with Gasteiger partial charge in [0, 0.05) is 12.8 Å². The highest BCUT2D eigenvalue weighted by molar-refractivity contribution is 5.76. The summed E-state index contributed by atoms with van der Waals surface area (Å²) in [5.41, 5.74) is 0. The number of esters is 1. The Labute approximate surface area is 373 Å². The number of hydrogen-bond donors (Lipinski definition) is 3. The number of hydrogen-bond acceptors (Lipinski definition) is 5. The number of carbonyl (C=O) groups excluding carboxylic acids is 2. The molecule has 0 aliphatic carbocycles. The van der Waals surface area contributed by atoms with E-state index in [0.29, 0.717) is 25.9 Å². The van der Waals surface area contributed by atoms with Crippen molar-refractivity contribution in [2.24, 2.45) is 0 Å². The molecule has 0 aromatic rings. The van der Waals surface area contributed by atoms with Gasteiger partial charge in [0.05, 0.1) is 25.4 Å². The van der Waals surface area contributed by atoms with Crippen molar-refractivity contribution < 1.29 is 24.5 Å². The van der Waals surface area contributed by atoms with Crippen molar-refractivity contribution >= 4 is 11.9 Å². The lowest BCUT2D eigenvalue weighted by molar-refractivity contribution is -0.143. The summed E-state index contributed by atoms with van der Waals surface area (Å²) in [6, 6.07) is -0.549. The third-order valence-electron chi connectivity index (χ3n) is 12.2. The van der Waals surface area contributed by atoms with Crippen LogP contribution in [0.15, 0.2) is 24.3 Å². The molecule has 0 spiro atoms. The Morgan fingerprint density at radius 2 is 0.867 bits per heavy atom. The van der Waals surface area contributed by atoms with Crippen LogP contribution in [0.1, 0.15) is 284 Å². The highest BCUT2D eigenvalue weighted by Gasteiger charge is 2.20. The Kier molecular flexibility index (Phi) is 48.6. The molecule has 0 rings (SSSR count). The normalized spacial score (nSPS) is 12.8. The number of aliphatic hydroxyl groups excluding tert-OH is 2. The number of unbranched alkanes of at least 4 members (excludes halogenated alkanes) is 34. The predicted octanol–water partition coefficient (Wildman–Crippen LogP) is 15.9. The molecule has 0 heterocycles. The van der Waals surface area contributed by atoms with Gasteiger partial charge in [-0.15, -0.1) is 0 Å². The minimum Gasteiger partial charge on any atom is -0.466 e. The molecule has 6 nitrogen and oxygen atoms in total. The van der Waals surface area contributed by atoms with Crippen LogP contribution in [0.3, 0.4) is 0 Å². The number of aliphatic hydroxyl groups is 2. The van der Waals surface area contributed by atoms with Gasteiger partial charge < -0.3 is 20.3 Å². The second kappa shape index (κ2) is 50.0. The first-order valence-corrected chi connectivity index (χ1v) is 26.6. The SMILES string of the molecule is CCC/C=C\C/C=C\CCCCCCCC(=O)OCCCCCCCCCCCCCCCCC(=O)NC(CO)C(O)CCCCCCCCCCCCCCCCCC. The predicted molar refractivity (Wildman–Crippen MR) is 260 cm³/mol. The quantitative estimate of drug-likeness (QED) is 0.0322. The Hall–Kier alpha value is -1.66. The van der Waals surface area contributed by atoms with Gasteiger partial charge in [-0.2, -0.15) is 0 Å². The molecule has 0 radical (unpaired) electrons. The van der Waals surface area contributed by atoms with Crippen molar-refractivity contribution in [3.05, 3.63) is 24.3 Å². The second-order valence-corrected chi connectivity index (χ2v) is 18.2. The van der Waals surface area contributed by atoms with Gasteiger partial charge in [0.2, 0.25) is 5.91 Å². The van der Waals surface area contributed by atoms with Crippen molar-refractivity contribution in [1.82, 2.24) is 5.32 Å². The molecule has 354 valence electrons. The van der Waals surface area contributed by atoms with E-state index in [9.17, 15) is 19.8 Å². The average molecular weight is 846 g/mol. The number of nitrogens with one attached hydrogen (secondary N) is 1. The van der Waals surface area contributed by atoms with E-state index in [1.807, 2.05) is 0 Å². The van der Waals surface area contributed by atoms with Crippen LogP contribution in [-0.4, -0.2) is 47.4 Å². The van der Waals surface area contributed by atoms with Gasteiger partial charge >= 0.3 is 5.97 Å². The summed E-state index contributed by atoms with van der Waals surface area (Å²) in [4.78, 5) is 24.5. The van der Waals surface area contributed by atoms with E-state index in [1.54, 1.807) is 0 Å². The van der Waals surface area contributed by atoms with E-state index in [1.165, 1.54) is 193 Å². The lowest BCUT2D eigenvalue weighted by Crippen LogP contribution is -2.45. The fourth-order valence-electron chi connectivity index (χ4n) is 8.15. The van der Waals surface area contributed by atoms with Gasteiger partial charge in [-0.05, 0) is 51.4 Å². The molecule has 1 amide bonds. The number of carbonyl (C=O) groups is 2.